The first-order chi connectivity index (χ1) is 7.65. The normalized spacial score (nSPS) is 44.6. The van der Waals surface area contributed by atoms with Crippen molar-refractivity contribution >= 4 is 0 Å². The Morgan fingerprint density at radius 1 is 1.19 bits per heavy atom. The Kier molecular flexibility index (Phi) is 3.85. The minimum Gasteiger partial charge on any atom is -0.391 e. The highest BCUT2D eigenvalue weighted by atomic mass is 16.3. The fourth-order valence-corrected chi connectivity index (χ4v) is 3.13. The molecule has 0 radical (unpaired) electrons. The van der Waals surface area contributed by atoms with E-state index in [4.69, 9.17) is 0 Å². The molecule has 4 heteroatoms. The molecule has 2 unspecified atom stereocenters. The lowest BCUT2D eigenvalue weighted by Gasteiger charge is -2.40. The van der Waals surface area contributed by atoms with E-state index in [2.05, 4.69) is 6.92 Å². The first kappa shape index (κ1) is 12.3. The molecule has 0 saturated carbocycles. The summed E-state index contributed by atoms with van der Waals surface area (Å²) in [5.74, 6) is 0.293. The number of aliphatic hydroxyl groups excluding tert-OH is 3. The summed E-state index contributed by atoms with van der Waals surface area (Å²) in [6.07, 6.45) is 2.34. The predicted octanol–water partition coefficient (Wildman–Crippen LogP) is -0.0366. The Hall–Kier alpha value is -0.160. The van der Waals surface area contributed by atoms with Crippen LogP contribution < -0.4 is 0 Å². The number of fused-ring (bicyclic) bond motifs is 1. The van der Waals surface area contributed by atoms with Crippen molar-refractivity contribution in [2.75, 3.05) is 13.1 Å². The van der Waals surface area contributed by atoms with Gasteiger partial charge in [-0.3, -0.25) is 4.90 Å². The average Bonchev–Trinajstić information content (AvgIpc) is 2.55. The molecular formula is C12H23NO3. The molecule has 2 saturated heterocycles. The van der Waals surface area contributed by atoms with Crippen molar-refractivity contribution < 1.29 is 15.3 Å². The molecule has 2 fully saturated rings. The van der Waals surface area contributed by atoms with Gasteiger partial charge >= 0.3 is 0 Å². The van der Waals surface area contributed by atoms with Gasteiger partial charge in [-0.1, -0.05) is 19.8 Å². The van der Waals surface area contributed by atoms with E-state index in [0.29, 0.717) is 12.5 Å². The molecule has 94 valence electrons. The number of hydrogen-bond acceptors (Lipinski definition) is 4. The second kappa shape index (κ2) is 5.00. The first-order valence-electron chi connectivity index (χ1n) is 6.43. The fourth-order valence-electron chi connectivity index (χ4n) is 3.13. The van der Waals surface area contributed by atoms with Crippen molar-refractivity contribution in [3.05, 3.63) is 0 Å². The molecule has 16 heavy (non-hydrogen) atoms. The second-order valence-electron chi connectivity index (χ2n) is 5.23. The lowest BCUT2D eigenvalue weighted by molar-refractivity contribution is -0.0584. The Bertz CT molecular complexity index is 236. The van der Waals surface area contributed by atoms with E-state index in [1.807, 2.05) is 4.90 Å². The molecule has 2 heterocycles. The Labute approximate surface area is 96.9 Å². The first-order valence-corrected chi connectivity index (χ1v) is 6.43. The molecule has 0 aliphatic carbocycles. The van der Waals surface area contributed by atoms with Crippen molar-refractivity contribution in [1.82, 2.24) is 4.90 Å². The van der Waals surface area contributed by atoms with Crippen LogP contribution in [-0.4, -0.2) is 57.7 Å². The zero-order valence-electron chi connectivity index (χ0n) is 9.92. The molecule has 3 N–H and O–H groups in total. The average molecular weight is 229 g/mol. The monoisotopic (exact) mass is 229 g/mol. The van der Waals surface area contributed by atoms with Crippen LogP contribution in [0, 0.1) is 5.92 Å². The fraction of sp³-hybridized carbons (Fsp3) is 1.00. The van der Waals surface area contributed by atoms with Crippen LogP contribution in [0.4, 0.5) is 0 Å². The number of hydrogen-bond donors (Lipinski definition) is 3. The number of aliphatic hydroxyl groups is 3. The molecule has 0 aromatic heterocycles. The molecule has 0 aromatic carbocycles. The molecule has 5 atom stereocenters. The zero-order chi connectivity index (χ0) is 11.7. The van der Waals surface area contributed by atoms with Crippen molar-refractivity contribution in [1.29, 1.82) is 0 Å². The molecule has 0 bridgehead atoms. The molecule has 2 aliphatic rings. The van der Waals surface area contributed by atoms with E-state index in [0.717, 1.165) is 32.2 Å². The quantitative estimate of drug-likeness (QED) is 0.635. The van der Waals surface area contributed by atoms with Gasteiger partial charge in [0.05, 0.1) is 24.4 Å². The predicted molar refractivity (Wildman–Crippen MR) is 61.0 cm³/mol. The summed E-state index contributed by atoms with van der Waals surface area (Å²) >= 11 is 0. The number of nitrogens with zero attached hydrogens (tertiary/aromatic N) is 1. The molecular weight excluding hydrogens is 206 g/mol. The Morgan fingerprint density at radius 3 is 2.62 bits per heavy atom. The van der Waals surface area contributed by atoms with Gasteiger partial charge in [-0.2, -0.15) is 0 Å². The van der Waals surface area contributed by atoms with Gasteiger partial charge < -0.3 is 15.3 Å². The molecule has 4 nitrogen and oxygen atoms in total. The van der Waals surface area contributed by atoms with Crippen LogP contribution in [0.25, 0.3) is 0 Å². The molecule has 0 spiro atoms. The largest absolute Gasteiger partial charge is 0.391 e. The summed E-state index contributed by atoms with van der Waals surface area (Å²) in [4.78, 5) is 2.03. The van der Waals surface area contributed by atoms with E-state index in [9.17, 15) is 15.3 Å². The van der Waals surface area contributed by atoms with Gasteiger partial charge in [-0.25, -0.2) is 0 Å². The summed E-state index contributed by atoms with van der Waals surface area (Å²) in [7, 11) is 0. The third-order valence-corrected chi connectivity index (χ3v) is 4.14. The van der Waals surface area contributed by atoms with Crippen molar-refractivity contribution in [3.63, 3.8) is 0 Å². The van der Waals surface area contributed by atoms with Crippen molar-refractivity contribution in [2.45, 2.75) is 57.0 Å². The van der Waals surface area contributed by atoms with Crippen molar-refractivity contribution in [2.24, 2.45) is 5.92 Å². The van der Waals surface area contributed by atoms with Gasteiger partial charge in [0.25, 0.3) is 0 Å². The highest BCUT2D eigenvalue weighted by Crippen LogP contribution is 2.33. The van der Waals surface area contributed by atoms with Crippen molar-refractivity contribution in [3.8, 4) is 0 Å². The maximum absolute atomic E-state index is 10.2. The minimum absolute atomic E-state index is 0.245. The smallest absolute Gasteiger partial charge is 0.0991 e. The second-order valence-corrected chi connectivity index (χ2v) is 5.23. The third kappa shape index (κ3) is 2.12. The lowest BCUT2D eigenvalue weighted by atomic mass is 9.83. The summed E-state index contributed by atoms with van der Waals surface area (Å²) in [6.45, 7) is 3.54. The highest BCUT2D eigenvalue weighted by Gasteiger charge is 2.48. The number of rotatable bonds is 3. The van der Waals surface area contributed by atoms with Crippen LogP contribution in [0.3, 0.4) is 0 Å². The van der Waals surface area contributed by atoms with Crippen LogP contribution in [-0.2, 0) is 0 Å². The van der Waals surface area contributed by atoms with E-state index in [1.165, 1.54) is 0 Å². The standard InChI is InChI=1S/C12H23NO3/c1-2-3-4-8-5-6-13-7-9(14)12(16)10(13)11(8)15/h8-12,14-16H,2-7H2,1H3/t8-,9?,10-,11-,12?/m1/s1. The minimum atomic E-state index is -0.778. The van der Waals surface area contributed by atoms with E-state index >= 15 is 0 Å². The van der Waals surface area contributed by atoms with Gasteiger partial charge in [0.1, 0.15) is 0 Å². The maximum Gasteiger partial charge on any atom is 0.0991 e. The highest BCUT2D eigenvalue weighted by molar-refractivity contribution is 5.01. The van der Waals surface area contributed by atoms with Gasteiger partial charge in [0.2, 0.25) is 0 Å². The maximum atomic E-state index is 10.2. The molecule has 2 rings (SSSR count). The Morgan fingerprint density at radius 2 is 1.94 bits per heavy atom. The number of unbranched alkanes of at least 4 members (excludes halogenated alkanes) is 1. The SMILES string of the molecule is CCCC[C@@H]1CCN2CC(O)C(O)[C@H]2[C@@H]1O. The van der Waals surface area contributed by atoms with E-state index < -0.39 is 18.3 Å². The van der Waals surface area contributed by atoms with Gasteiger partial charge in [0, 0.05) is 6.54 Å². The summed E-state index contributed by atoms with van der Waals surface area (Å²) in [5.41, 5.74) is 0. The van der Waals surface area contributed by atoms with Crippen LogP contribution in [0.5, 0.6) is 0 Å². The van der Waals surface area contributed by atoms with Gasteiger partial charge in [0.15, 0.2) is 0 Å². The molecule has 0 amide bonds. The molecule has 0 aromatic rings. The number of piperidine rings is 1. The van der Waals surface area contributed by atoms with Crippen LogP contribution in [0.2, 0.25) is 0 Å². The summed E-state index contributed by atoms with van der Waals surface area (Å²) < 4.78 is 0. The summed E-state index contributed by atoms with van der Waals surface area (Å²) in [6, 6.07) is -0.245. The lowest BCUT2D eigenvalue weighted by Crippen LogP contribution is -2.53. The molecule has 2 aliphatic heterocycles. The zero-order valence-corrected chi connectivity index (χ0v) is 9.92. The topological polar surface area (TPSA) is 63.9 Å². The van der Waals surface area contributed by atoms with Crippen LogP contribution in [0.15, 0.2) is 0 Å². The van der Waals surface area contributed by atoms with Gasteiger partial charge in [-0.05, 0) is 25.3 Å². The Balaban J connectivity index is 1.99. The van der Waals surface area contributed by atoms with E-state index in [-0.39, 0.29) is 6.04 Å². The summed E-state index contributed by atoms with van der Waals surface area (Å²) in [5, 5.41) is 29.7. The van der Waals surface area contributed by atoms with Gasteiger partial charge in [-0.15, -0.1) is 0 Å². The van der Waals surface area contributed by atoms with E-state index in [1.54, 1.807) is 0 Å². The van der Waals surface area contributed by atoms with Crippen LogP contribution >= 0.6 is 0 Å². The third-order valence-electron chi connectivity index (χ3n) is 4.14. The van der Waals surface area contributed by atoms with Crippen LogP contribution in [0.1, 0.15) is 32.6 Å².